The molecule has 0 bridgehead atoms. The van der Waals surface area contributed by atoms with Crippen molar-refractivity contribution in [1.82, 2.24) is 4.57 Å². The second-order valence-corrected chi connectivity index (χ2v) is 4.01. The van der Waals surface area contributed by atoms with Crippen molar-refractivity contribution in [2.45, 2.75) is 6.54 Å². The van der Waals surface area contributed by atoms with Crippen LogP contribution >= 0.6 is 0 Å². The molecule has 0 spiro atoms. The topological polar surface area (TPSA) is 108 Å². The third-order valence-corrected chi connectivity index (χ3v) is 2.67. The Labute approximate surface area is 112 Å². The maximum atomic E-state index is 11.8. The summed E-state index contributed by atoms with van der Waals surface area (Å²) in [5, 5.41) is 21.3. The standard InChI is InChI=1S/C12H9N3O5/c16-12-11(15(19)20)5-2-6-13(12)8-9-3-1-4-10(7-9)14(17)18/h1-7H,8H2. The number of non-ortho nitro benzene ring substituents is 1. The monoisotopic (exact) mass is 275 g/mol. The quantitative estimate of drug-likeness (QED) is 0.623. The van der Waals surface area contributed by atoms with Crippen molar-refractivity contribution in [3.8, 4) is 0 Å². The van der Waals surface area contributed by atoms with E-state index < -0.39 is 21.1 Å². The van der Waals surface area contributed by atoms with Crippen molar-refractivity contribution >= 4 is 11.4 Å². The van der Waals surface area contributed by atoms with Crippen LogP contribution in [-0.2, 0) is 6.54 Å². The van der Waals surface area contributed by atoms with Gasteiger partial charge in [0.2, 0.25) is 0 Å². The van der Waals surface area contributed by atoms with E-state index >= 15 is 0 Å². The minimum atomic E-state index is -0.758. The molecule has 1 heterocycles. The fourth-order valence-corrected chi connectivity index (χ4v) is 1.75. The third-order valence-electron chi connectivity index (χ3n) is 2.67. The van der Waals surface area contributed by atoms with Crippen LogP contribution in [0.1, 0.15) is 5.56 Å². The SMILES string of the molecule is O=c1c([N+](=O)[O-])cccn1Cc1cccc([N+](=O)[O-])c1. The van der Waals surface area contributed by atoms with Gasteiger partial charge < -0.3 is 4.57 Å². The van der Waals surface area contributed by atoms with Crippen molar-refractivity contribution in [2.24, 2.45) is 0 Å². The van der Waals surface area contributed by atoms with E-state index in [2.05, 4.69) is 0 Å². The van der Waals surface area contributed by atoms with Crippen LogP contribution < -0.4 is 5.56 Å². The molecule has 8 nitrogen and oxygen atoms in total. The Bertz CT molecular complexity index is 738. The smallest absolute Gasteiger partial charge is 0.305 e. The number of aromatic nitrogens is 1. The van der Waals surface area contributed by atoms with Gasteiger partial charge >= 0.3 is 11.2 Å². The van der Waals surface area contributed by atoms with Gasteiger partial charge in [-0.05, 0) is 11.6 Å². The molecular formula is C12H9N3O5. The van der Waals surface area contributed by atoms with Crippen LogP contribution in [0.5, 0.6) is 0 Å². The molecule has 20 heavy (non-hydrogen) atoms. The molecule has 1 aromatic heterocycles. The summed E-state index contributed by atoms with van der Waals surface area (Å²) in [6.45, 7) is 0.0300. The molecule has 0 unspecified atom stereocenters. The first-order valence-corrected chi connectivity index (χ1v) is 5.56. The second kappa shape index (κ2) is 5.31. The van der Waals surface area contributed by atoms with Gasteiger partial charge in [0.05, 0.1) is 16.4 Å². The number of hydrogen-bond acceptors (Lipinski definition) is 5. The zero-order valence-electron chi connectivity index (χ0n) is 10.1. The molecule has 0 saturated heterocycles. The van der Waals surface area contributed by atoms with Crippen LogP contribution in [0.4, 0.5) is 11.4 Å². The zero-order chi connectivity index (χ0) is 14.7. The van der Waals surface area contributed by atoms with Crippen molar-refractivity contribution < 1.29 is 9.85 Å². The zero-order valence-corrected chi connectivity index (χ0v) is 10.1. The Kier molecular flexibility index (Phi) is 3.56. The molecule has 0 aliphatic rings. The lowest BCUT2D eigenvalue weighted by atomic mass is 10.2. The normalized spacial score (nSPS) is 10.2. The first-order chi connectivity index (χ1) is 9.49. The first-order valence-electron chi connectivity index (χ1n) is 5.56. The van der Waals surface area contributed by atoms with Gasteiger partial charge in [0, 0.05) is 24.4 Å². The fourth-order valence-electron chi connectivity index (χ4n) is 1.75. The van der Waals surface area contributed by atoms with Crippen molar-refractivity contribution in [2.75, 3.05) is 0 Å². The molecule has 0 aliphatic carbocycles. The Morgan fingerprint density at radius 1 is 1.05 bits per heavy atom. The Morgan fingerprint density at radius 2 is 1.80 bits per heavy atom. The number of nitrogens with zero attached hydrogens (tertiary/aromatic N) is 3. The lowest BCUT2D eigenvalue weighted by Gasteiger charge is -2.05. The number of pyridine rings is 1. The van der Waals surface area contributed by atoms with Gasteiger partial charge in [-0.15, -0.1) is 0 Å². The molecule has 0 fully saturated rings. The molecule has 0 radical (unpaired) electrons. The third kappa shape index (κ3) is 2.69. The van der Waals surface area contributed by atoms with E-state index in [0.29, 0.717) is 5.56 Å². The van der Waals surface area contributed by atoms with Crippen molar-refractivity contribution in [1.29, 1.82) is 0 Å². The molecular weight excluding hydrogens is 266 g/mol. The van der Waals surface area contributed by atoms with Crippen molar-refractivity contribution in [3.63, 3.8) is 0 Å². The summed E-state index contributed by atoms with van der Waals surface area (Å²) in [7, 11) is 0. The summed E-state index contributed by atoms with van der Waals surface area (Å²) in [6, 6.07) is 8.27. The van der Waals surface area contributed by atoms with E-state index in [9.17, 15) is 25.0 Å². The van der Waals surface area contributed by atoms with Gasteiger partial charge in [0.15, 0.2) is 0 Å². The summed E-state index contributed by atoms with van der Waals surface area (Å²) in [6.07, 6.45) is 1.40. The van der Waals surface area contributed by atoms with Crippen molar-refractivity contribution in [3.05, 3.63) is 78.7 Å². The molecule has 8 heteroatoms. The summed E-state index contributed by atoms with van der Waals surface area (Å²) >= 11 is 0. The van der Waals surface area contributed by atoms with E-state index in [-0.39, 0.29) is 12.2 Å². The van der Waals surface area contributed by atoms with Crippen LogP contribution in [0, 0.1) is 20.2 Å². The van der Waals surface area contributed by atoms with Crippen LogP contribution in [0.3, 0.4) is 0 Å². The maximum absolute atomic E-state index is 11.8. The highest BCUT2D eigenvalue weighted by atomic mass is 16.6. The van der Waals surface area contributed by atoms with E-state index in [1.54, 1.807) is 6.07 Å². The van der Waals surface area contributed by atoms with E-state index in [0.717, 1.165) is 10.6 Å². The number of rotatable bonds is 4. The summed E-state index contributed by atoms with van der Waals surface area (Å²) in [5.41, 5.74) is -0.857. The number of hydrogen-bond donors (Lipinski definition) is 0. The highest BCUT2D eigenvalue weighted by Crippen LogP contribution is 2.14. The molecule has 2 aromatic rings. The molecule has 0 saturated carbocycles. The molecule has 0 N–H and O–H groups in total. The van der Waals surface area contributed by atoms with E-state index in [1.165, 1.54) is 30.5 Å². The van der Waals surface area contributed by atoms with Crippen LogP contribution in [-0.4, -0.2) is 14.4 Å². The van der Waals surface area contributed by atoms with Crippen LogP contribution in [0.2, 0.25) is 0 Å². The molecule has 1 aromatic carbocycles. The lowest BCUT2D eigenvalue weighted by Crippen LogP contribution is -2.22. The summed E-state index contributed by atoms with van der Waals surface area (Å²) < 4.78 is 1.14. The van der Waals surface area contributed by atoms with Gasteiger partial charge in [0.25, 0.3) is 5.69 Å². The second-order valence-electron chi connectivity index (χ2n) is 4.01. The van der Waals surface area contributed by atoms with Gasteiger partial charge in [-0.3, -0.25) is 25.0 Å². The molecule has 0 amide bonds. The summed E-state index contributed by atoms with van der Waals surface area (Å²) in [5.74, 6) is 0. The number of nitro groups is 2. The Morgan fingerprint density at radius 3 is 2.45 bits per heavy atom. The number of benzene rings is 1. The Balaban J connectivity index is 2.38. The minimum Gasteiger partial charge on any atom is -0.305 e. The van der Waals surface area contributed by atoms with Gasteiger partial charge in [-0.25, -0.2) is 0 Å². The summed E-state index contributed by atoms with van der Waals surface area (Å²) in [4.78, 5) is 31.9. The van der Waals surface area contributed by atoms with Crippen LogP contribution in [0.25, 0.3) is 0 Å². The van der Waals surface area contributed by atoms with Gasteiger partial charge in [-0.2, -0.15) is 0 Å². The van der Waals surface area contributed by atoms with E-state index in [1.807, 2.05) is 0 Å². The molecule has 0 aliphatic heterocycles. The minimum absolute atomic E-state index is 0.0300. The molecule has 102 valence electrons. The number of nitro benzene ring substituents is 1. The maximum Gasteiger partial charge on any atom is 0.334 e. The Hall–Kier alpha value is -3.03. The highest BCUT2D eigenvalue weighted by Gasteiger charge is 2.14. The highest BCUT2D eigenvalue weighted by molar-refractivity contribution is 5.34. The first kappa shape index (κ1) is 13.4. The van der Waals surface area contributed by atoms with E-state index in [4.69, 9.17) is 0 Å². The fraction of sp³-hybridized carbons (Fsp3) is 0.0833. The van der Waals surface area contributed by atoms with Gasteiger partial charge in [0.1, 0.15) is 0 Å². The van der Waals surface area contributed by atoms with Crippen LogP contribution in [0.15, 0.2) is 47.4 Å². The van der Waals surface area contributed by atoms with Gasteiger partial charge in [-0.1, -0.05) is 12.1 Å². The lowest BCUT2D eigenvalue weighted by molar-refractivity contribution is -0.386. The average Bonchev–Trinajstić information content (AvgIpc) is 2.41. The average molecular weight is 275 g/mol. The molecule has 2 rings (SSSR count). The largest absolute Gasteiger partial charge is 0.334 e. The predicted molar refractivity (Wildman–Crippen MR) is 69.6 cm³/mol. The molecule has 0 atom stereocenters. The predicted octanol–water partition coefficient (Wildman–Crippen LogP) is 1.71.